The van der Waals surface area contributed by atoms with E-state index in [9.17, 15) is 9.59 Å². The van der Waals surface area contributed by atoms with Crippen LogP contribution in [0.4, 0.5) is 0 Å². The summed E-state index contributed by atoms with van der Waals surface area (Å²) in [5.74, 6) is -0.977. The number of carbonyl (C=O) groups excluding carboxylic acids is 2. The monoisotopic (exact) mass is 267 g/mol. The van der Waals surface area contributed by atoms with Crippen LogP contribution in [0.5, 0.6) is 0 Å². The van der Waals surface area contributed by atoms with Crippen molar-refractivity contribution >= 4 is 46.4 Å². The minimum atomic E-state index is -0.527. The second-order valence-corrected chi connectivity index (χ2v) is 4.78. The normalized spacial score (nSPS) is 9.80. The summed E-state index contributed by atoms with van der Waals surface area (Å²) in [6, 6.07) is 1.45. The third-order valence-corrected chi connectivity index (χ3v) is 3.01. The smallest absolute Gasteiger partial charge is 0.325 e. The van der Waals surface area contributed by atoms with Crippen LogP contribution in [0.25, 0.3) is 0 Å². The molecule has 0 aliphatic heterocycles. The zero-order valence-electron chi connectivity index (χ0n) is 7.67. The van der Waals surface area contributed by atoms with Gasteiger partial charge in [-0.05, 0) is 6.07 Å². The number of esters is 1. The minimum absolute atomic E-state index is 0.195. The van der Waals surface area contributed by atoms with E-state index in [0.29, 0.717) is 8.67 Å². The fraction of sp³-hybridized carbons (Fsp3) is 0.250. The summed E-state index contributed by atoms with van der Waals surface area (Å²) in [5.41, 5.74) is 0.260. The van der Waals surface area contributed by atoms with Crippen molar-refractivity contribution in [1.82, 2.24) is 5.32 Å². The Bertz CT molecular complexity index is 391. The van der Waals surface area contributed by atoms with Gasteiger partial charge in [0.15, 0.2) is 0 Å². The summed E-state index contributed by atoms with van der Waals surface area (Å²) in [6.07, 6.45) is 0. The van der Waals surface area contributed by atoms with Gasteiger partial charge in [0.2, 0.25) is 0 Å². The predicted molar refractivity (Wildman–Crippen MR) is 58.7 cm³/mol. The van der Waals surface area contributed by atoms with Crippen molar-refractivity contribution in [1.29, 1.82) is 0 Å². The average molecular weight is 268 g/mol. The number of carbonyl (C=O) groups is 2. The summed E-state index contributed by atoms with van der Waals surface area (Å²) in [5, 5.41) is 2.35. The first-order chi connectivity index (χ1) is 7.04. The molecule has 1 rings (SSSR count). The number of hydrogen-bond acceptors (Lipinski definition) is 4. The zero-order valence-corrected chi connectivity index (χ0v) is 10.0. The molecule has 82 valence electrons. The van der Waals surface area contributed by atoms with Crippen molar-refractivity contribution in [2.75, 3.05) is 13.7 Å². The van der Waals surface area contributed by atoms with Crippen LogP contribution < -0.4 is 5.32 Å². The van der Waals surface area contributed by atoms with Gasteiger partial charge in [-0.1, -0.05) is 23.2 Å². The molecule has 0 aliphatic carbocycles. The Labute approximate surface area is 100 Å². The fourth-order valence-corrected chi connectivity index (χ4v) is 2.27. The van der Waals surface area contributed by atoms with Crippen LogP contribution >= 0.6 is 34.5 Å². The standard InChI is InChI=1S/C8H7Cl2NO3S/c1-14-6(12)3-11-8(13)4-2-5(9)15-7(4)10/h2H,3H2,1H3,(H,11,13). The molecule has 0 saturated carbocycles. The highest BCUT2D eigenvalue weighted by atomic mass is 35.5. The van der Waals surface area contributed by atoms with Gasteiger partial charge in [-0.15, -0.1) is 11.3 Å². The van der Waals surface area contributed by atoms with E-state index in [1.165, 1.54) is 13.2 Å². The summed E-state index contributed by atoms with van der Waals surface area (Å²) < 4.78 is 5.08. The summed E-state index contributed by atoms with van der Waals surface area (Å²) >= 11 is 12.5. The molecule has 0 radical (unpaired) electrons. The van der Waals surface area contributed by atoms with Crippen molar-refractivity contribution in [3.8, 4) is 0 Å². The molecule has 0 fully saturated rings. The van der Waals surface area contributed by atoms with Crippen LogP contribution in [0.3, 0.4) is 0 Å². The Balaban J connectivity index is 2.61. The maximum Gasteiger partial charge on any atom is 0.325 e. The first-order valence-corrected chi connectivity index (χ1v) is 5.41. The van der Waals surface area contributed by atoms with Crippen molar-refractivity contribution in [2.24, 2.45) is 0 Å². The van der Waals surface area contributed by atoms with E-state index < -0.39 is 11.9 Å². The lowest BCUT2D eigenvalue weighted by Crippen LogP contribution is -2.29. The van der Waals surface area contributed by atoms with E-state index in [1.807, 2.05) is 0 Å². The van der Waals surface area contributed by atoms with Gasteiger partial charge in [0.05, 0.1) is 17.0 Å². The van der Waals surface area contributed by atoms with E-state index in [-0.39, 0.29) is 12.1 Å². The lowest BCUT2D eigenvalue weighted by Gasteiger charge is -2.01. The van der Waals surface area contributed by atoms with Gasteiger partial charge in [-0.2, -0.15) is 0 Å². The molecule has 0 aromatic carbocycles. The third-order valence-electron chi connectivity index (χ3n) is 1.52. The SMILES string of the molecule is COC(=O)CNC(=O)c1cc(Cl)sc1Cl. The predicted octanol–water partition coefficient (Wildman–Crippen LogP) is 1.96. The van der Waals surface area contributed by atoms with Crippen molar-refractivity contribution in [3.05, 3.63) is 20.3 Å². The van der Waals surface area contributed by atoms with Gasteiger partial charge in [0.1, 0.15) is 10.9 Å². The molecule has 1 heterocycles. The molecule has 4 nitrogen and oxygen atoms in total. The highest BCUT2D eigenvalue weighted by Crippen LogP contribution is 2.30. The fourth-order valence-electron chi connectivity index (χ4n) is 0.815. The van der Waals surface area contributed by atoms with Gasteiger partial charge in [-0.3, -0.25) is 9.59 Å². The van der Waals surface area contributed by atoms with Crippen LogP contribution in [0.1, 0.15) is 10.4 Å². The van der Waals surface area contributed by atoms with Gasteiger partial charge in [0, 0.05) is 0 Å². The average Bonchev–Trinajstić information content (AvgIpc) is 2.53. The minimum Gasteiger partial charge on any atom is -0.468 e. The number of rotatable bonds is 3. The topological polar surface area (TPSA) is 55.4 Å². The number of halogens is 2. The van der Waals surface area contributed by atoms with Crippen LogP contribution in [0.2, 0.25) is 8.67 Å². The molecule has 1 amide bonds. The molecule has 1 aromatic rings. The van der Waals surface area contributed by atoms with E-state index in [4.69, 9.17) is 23.2 Å². The van der Waals surface area contributed by atoms with E-state index in [2.05, 4.69) is 10.1 Å². The van der Waals surface area contributed by atoms with Gasteiger partial charge < -0.3 is 10.1 Å². The Morgan fingerprint density at radius 1 is 1.53 bits per heavy atom. The van der Waals surface area contributed by atoms with Gasteiger partial charge in [0.25, 0.3) is 5.91 Å². The van der Waals surface area contributed by atoms with Crippen molar-refractivity contribution in [2.45, 2.75) is 0 Å². The molecule has 0 bridgehead atoms. The largest absolute Gasteiger partial charge is 0.468 e. The number of methoxy groups -OCH3 is 1. The van der Waals surface area contributed by atoms with Crippen molar-refractivity contribution in [3.63, 3.8) is 0 Å². The number of ether oxygens (including phenoxy) is 1. The molecule has 0 aliphatic rings. The third kappa shape index (κ3) is 3.37. The number of amides is 1. The Morgan fingerprint density at radius 3 is 2.67 bits per heavy atom. The van der Waals surface area contributed by atoms with Crippen molar-refractivity contribution < 1.29 is 14.3 Å². The second-order valence-electron chi connectivity index (χ2n) is 2.50. The highest BCUT2D eigenvalue weighted by Gasteiger charge is 2.14. The molecule has 0 unspecified atom stereocenters. The quantitative estimate of drug-likeness (QED) is 0.852. The van der Waals surface area contributed by atoms with Gasteiger partial charge >= 0.3 is 5.97 Å². The second kappa shape index (κ2) is 5.34. The van der Waals surface area contributed by atoms with E-state index in [1.54, 1.807) is 0 Å². The molecule has 7 heteroatoms. The molecule has 0 atom stereocenters. The zero-order chi connectivity index (χ0) is 11.4. The lowest BCUT2D eigenvalue weighted by atomic mass is 10.3. The summed E-state index contributed by atoms with van der Waals surface area (Å²) in [6.45, 7) is -0.195. The van der Waals surface area contributed by atoms with Crippen LogP contribution in [-0.4, -0.2) is 25.5 Å². The maximum atomic E-state index is 11.4. The Kier molecular flexibility index (Phi) is 4.38. The molecule has 1 N–H and O–H groups in total. The molecule has 15 heavy (non-hydrogen) atoms. The van der Waals surface area contributed by atoms with E-state index >= 15 is 0 Å². The van der Waals surface area contributed by atoms with Gasteiger partial charge in [-0.25, -0.2) is 0 Å². The van der Waals surface area contributed by atoms with E-state index in [0.717, 1.165) is 11.3 Å². The van der Waals surface area contributed by atoms with Crippen LogP contribution in [0, 0.1) is 0 Å². The number of hydrogen-bond donors (Lipinski definition) is 1. The lowest BCUT2D eigenvalue weighted by molar-refractivity contribution is -0.139. The number of thiophene rings is 1. The van der Waals surface area contributed by atoms with Crippen LogP contribution in [0.15, 0.2) is 6.07 Å². The Morgan fingerprint density at radius 2 is 2.20 bits per heavy atom. The summed E-state index contributed by atoms with van der Waals surface area (Å²) in [7, 11) is 1.24. The Hall–Kier alpha value is -0.780. The molecule has 0 spiro atoms. The first-order valence-electron chi connectivity index (χ1n) is 3.84. The highest BCUT2D eigenvalue weighted by molar-refractivity contribution is 7.20. The number of nitrogens with one attached hydrogen (secondary N) is 1. The molecule has 0 saturated heterocycles. The molecular formula is C8H7Cl2NO3S. The molecular weight excluding hydrogens is 261 g/mol. The summed E-state index contributed by atoms with van der Waals surface area (Å²) in [4.78, 5) is 22.2. The molecule has 1 aromatic heterocycles. The first kappa shape index (κ1) is 12.3. The maximum absolute atomic E-state index is 11.4. The van der Waals surface area contributed by atoms with Crippen LogP contribution in [-0.2, 0) is 9.53 Å².